The predicted molar refractivity (Wildman–Crippen MR) is 107 cm³/mol. The number of benzene rings is 3. The molecule has 27 heavy (non-hydrogen) atoms. The van der Waals surface area contributed by atoms with E-state index in [1.165, 1.54) is 11.6 Å². The second-order valence-corrected chi connectivity index (χ2v) is 6.41. The van der Waals surface area contributed by atoms with Gasteiger partial charge >= 0.3 is 5.97 Å². The van der Waals surface area contributed by atoms with Crippen molar-refractivity contribution >= 4 is 29.4 Å². The Morgan fingerprint density at radius 3 is 2.22 bits per heavy atom. The molecule has 4 heteroatoms. The summed E-state index contributed by atoms with van der Waals surface area (Å²) in [6, 6.07) is 21.0. The third kappa shape index (κ3) is 4.93. The first-order valence-corrected chi connectivity index (χ1v) is 8.76. The van der Waals surface area contributed by atoms with Gasteiger partial charge in [0.15, 0.2) is 5.78 Å². The Bertz CT molecular complexity index is 987. The van der Waals surface area contributed by atoms with Crippen LogP contribution in [0.3, 0.4) is 0 Å². The minimum Gasteiger partial charge on any atom is -0.423 e. The molecule has 3 aromatic carbocycles. The maximum atomic E-state index is 12.3. The van der Waals surface area contributed by atoms with E-state index in [2.05, 4.69) is 0 Å². The van der Waals surface area contributed by atoms with E-state index in [0.29, 0.717) is 21.9 Å². The minimum absolute atomic E-state index is 0.125. The van der Waals surface area contributed by atoms with Crippen molar-refractivity contribution in [2.24, 2.45) is 0 Å². The molecule has 0 unspecified atom stereocenters. The Morgan fingerprint density at radius 1 is 0.889 bits per heavy atom. The summed E-state index contributed by atoms with van der Waals surface area (Å²) in [6.45, 7) is 2.01. The molecule has 0 fully saturated rings. The van der Waals surface area contributed by atoms with Gasteiger partial charge < -0.3 is 4.74 Å². The van der Waals surface area contributed by atoms with E-state index in [0.717, 1.165) is 5.56 Å². The number of hydrogen-bond acceptors (Lipinski definition) is 3. The minimum atomic E-state index is -0.543. The van der Waals surface area contributed by atoms with Gasteiger partial charge in [0.25, 0.3) is 0 Å². The largest absolute Gasteiger partial charge is 0.423 e. The van der Waals surface area contributed by atoms with Crippen LogP contribution in [-0.4, -0.2) is 11.8 Å². The number of esters is 1. The standard InChI is InChI=1S/C23H17ClO3/c1-16-6-8-17(9-7-16)10-15-22(25)18-11-13-19(14-12-18)27-23(26)20-4-2-3-5-21(20)24/h2-15H,1H3/b15-10+. The number of hydrogen-bond donors (Lipinski definition) is 0. The van der Waals surface area contributed by atoms with Gasteiger partial charge in [-0.2, -0.15) is 0 Å². The molecule has 0 aliphatic rings. The molecular formula is C23H17ClO3. The van der Waals surface area contributed by atoms with Crippen molar-refractivity contribution < 1.29 is 14.3 Å². The lowest BCUT2D eigenvalue weighted by Crippen LogP contribution is -2.09. The molecule has 0 heterocycles. The van der Waals surface area contributed by atoms with E-state index in [9.17, 15) is 9.59 Å². The molecular weight excluding hydrogens is 360 g/mol. The summed E-state index contributed by atoms with van der Waals surface area (Å²) in [5, 5.41) is 0.329. The average molecular weight is 377 g/mol. The van der Waals surface area contributed by atoms with Crippen LogP contribution in [-0.2, 0) is 0 Å². The number of ether oxygens (including phenoxy) is 1. The topological polar surface area (TPSA) is 43.4 Å². The summed E-state index contributed by atoms with van der Waals surface area (Å²) in [5.41, 5.74) is 2.93. The van der Waals surface area contributed by atoms with Crippen LogP contribution in [0.2, 0.25) is 5.02 Å². The zero-order valence-corrected chi connectivity index (χ0v) is 15.4. The molecule has 3 rings (SSSR count). The Kier molecular flexibility index (Phi) is 5.84. The zero-order valence-electron chi connectivity index (χ0n) is 14.7. The second-order valence-electron chi connectivity index (χ2n) is 6.00. The van der Waals surface area contributed by atoms with Gasteiger partial charge in [-0.15, -0.1) is 0 Å². The summed E-state index contributed by atoms with van der Waals surface area (Å²) in [4.78, 5) is 24.4. The van der Waals surface area contributed by atoms with Crippen LogP contribution in [0.5, 0.6) is 5.75 Å². The van der Waals surface area contributed by atoms with Gasteiger partial charge in [-0.1, -0.05) is 59.6 Å². The van der Waals surface area contributed by atoms with Gasteiger partial charge in [-0.25, -0.2) is 4.79 Å². The first kappa shape index (κ1) is 18.6. The summed E-state index contributed by atoms with van der Waals surface area (Å²) in [7, 11) is 0. The van der Waals surface area contributed by atoms with Crippen molar-refractivity contribution in [3.8, 4) is 5.75 Å². The summed E-state index contributed by atoms with van der Waals surface area (Å²) in [6.07, 6.45) is 3.29. The molecule has 0 bridgehead atoms. The smallest absolute Gasteiger partial charge is 0.345 e. The van der Waals surface area contributed by atoms with Crippen molar-refractivity contribution in [1.82, 2.24) is 0 Å². The lowest BCUT2D eigenvalue weighted by Gasteiger charge is -2.06. The molecule has 0 spiro atoms. The molecule has 0 saturated heterocycles. The first-order chi connectivity index (χ1) is 13.0. The number of allylic oxidation sites excluding steroid dienone is 1. The Labute approximate surface area is 162 Å². The van der Waals surface area contributed by atoms with Crippen LogP contribution >= 0.6 is 11.6 Å². The van der Waals surface area contributed by atoms with E-state index in [4.69, 9.17) is 16.3 Å². The SMILES string of the molecule is Cc1ccc(/C=C/C(=O)c2ccc(OC(=O)c3ccccc3Cl)cc2)cc1. The molecule has 0 atom stereocenters. The van der Waals surface area contributed by atoms with E-state index in [-0.39, 0.29) is 5.78 Å². The highest BCUT2D eigenvalue weighted by atomic mass is 35.5. The van der Waals surface area contributed by atoms with Gasteiger partial charge in [0.1, 0.15) is 5.75 Å². The van der Waals surface area contributed by atoms with Crippen LogP contribution in [0.15, 0.2) is 78.9 Å². The normalized spacial score (nSPS) is 10.7. The number of rotatable bonds is 5. The fourth-order valence-corrected chi connectivity index (χ4v) is 2.63. The fourth-order valence-electron chi connectivity index (χ4n) is 2.42. The van der Waals surface area contributed by atoms with Crippen molar-refractivity contribution in [2.45, 2.75) is 6.92 Å². The summed E-state index contributed by atoms with van der Waals surface area (Å²) in [5.74, 6) is -0.322. The van der Waals surface area contributed by atoms with Crippen molar-refractivity contribution in [3.63, 3.8) is 0 Å². The van der Waals surface area contributed by atoms with Gasteiger partial charge in [0.2, 0.25) is 0 Å². The van der Waals surface area contributed by atoms with Crippen molar-refractivity contribution in [2.75, 3.05) is 0 Å². The quantitative estimate of drug-likeness (QED) is 0.246. The number of carbonyl (C=O) groups is 2. The molecule has 3 nitrogen and oxygen atoms in total. The number of ketones is 1. The van der Waals surface area contributed by atoms with Crippen molar-refractivity contribution in [1.29, 1.82) is 0 Å². The van der Waals surface area contributed by atoms with Crippen LogP contribution in [0.4, 0.5) is 0 Å². The average Bonchev–Trinajstić information content (AvgIpc) is 2.68. The van der Waals surface area contributed by atoms with Gasteiger partial charge in [-0.05, 0) is 55.0 Å². The first-order valence-electron chi connectivity index (χ1n) is 8.39. The Hall–Kier alpha value is -3.17. The number of halogens is 1. The van der Waals surface area contributed by atoms with E-state index in [1.54, 1.807) is 54.6 Å². The van der Waals surface area contributed by atoms with Crippen LogP contribution < -0.4 is 4.74 Å². The number of aryl methyl sites for hydroxylation is 1. The predicted octanol–water partition coefficient (Wildman–Crippen LogP) is 5.76. The molecule has 0 aliphatic carbocycles. The molecule has 0 aromatic heterocycles. The number of carbonyl (C=O) groups excluding carboxylic acids is 2. The fraction of sp³-hybridized carbons (Fsp3) is 0.0435. The van der Waals surface area contributed by atoms with Gasteiger partial charge in [-0.3, -0.25) is 4.79 Å². The van der Waals surface area contributed by atoms with Crippen LogP contribution in [0, 0.1) is 6.92 Å². The summed E-state index contributed by atoms with van der Waals surface area (Å²) < 4.78 is 5.30. The molecule has 0 aliphatic heterocycles. The highest BCUT2D eigenvalue weighted by molar-refractivity contribution is 6.33. The molecule has 0 N–H and O–H groups in total. The summed E-state index contributed by atoms with van der Waals surface area (Å²) >= 11 is 5.99. The highest BCUT2D eigenvalue weighted by Gasteiger charge is 2.12. The van der Waals surface area contributed by atoms with Crippen LogP contribution in [0.1, 0.15) is 31.8 Å². The second kappa shape index (κ2) is 8.47. The van der Waals surface area contributed by atoms with Crippen LogP contribution in [0.25, 0.3) is 6.08 Å². The van der Waals surface area contributed by atoms with Gasteiger partial charge in [0.05, 0.1) is 10.6 Å². The van der Waals surface area contributed by atoms with E-state index < -0.39 is 5.97 Å². The van der Waals surface area contributed by atoms with E-state index in [1.807, 2.05) is 31.2 Å². The highest BCUT2D eigenvalue weighted by Crippen LogP contribution is 2.19. The molecule has 0 amide bonds. The molecule has 0 saturated carbocycles. The van der Waals surface area contributed by atoms with E-state index >= 15 is 0 Å². The monoisotopic (exact) mass is 376 g/mol. The molecule has 3 aromatic rings. The Morgan fingerprint density at radius 2 is 1.56 bits per heavy atom. The molecule has 134 valence electrons. The maximum Gasteiger partial charge on any atom is 0.345 e. The lowest BCUT2D eigenvalue weighted by atomic mass is 10.1. The third-order valence-electron chi connectivity index (χ3n) is 3.95. The van der Waals surface area contributed by atoms with Gasteiger partial charge in [0, 0.05) is 5.56 Å². The zero-order chi connectivity index (χ0) is 19.2. The lowest BCUT2D eigenvalue weighted by molar-refractivity contribution is 0.0735. The Balaban J connectivity index is 1.66. The van der Waals surface area contributed by atoms with Crippen molar-refractivity contribution in [3.05, 3.63) is 106 Å². The third-order valence-corrected chi connectivity index (χ3v) is 4.28. The molecule has 0 radical (unpaired) electrons. The maximum absolute atomic E-state index is 12.3.